The first-order valence-electron chi connectivity index (χ1n) is 7.34. The first kappa shape index (κ1) is 12.7. The van der Waals surface area contributed by atoms with E-state index in [9.17, 15) is 0 Å². The zero-order valence-corrected chi connectivity index (χ0v) is 11.9. The molecule has 2 fully saturated rings. The van der Waals surface area contributed by atoms with E-state index >= 15 is 0 Å². The zero-order valence-electron chi connectivity index (χ0n) is 11.9. The number of nitrogens with zero attached hydrogens (tertiary/aromatic N) is 4. The molecule has 3 rings (SSSR count). The van der Waals surface area contributed by atoms with E-state index < -0.39 is 0 Å². The summed E-state index contributed by atoms with van der Waals surface area (Å²) in [6.45, 7) is 9.73. The van der Waals surface area contributed by atoms with Crippen molar-refractivity contribution in [1.29, 1.82) is 0 Å². The lowest BCUT2D eigenvalue weighted by atomic mass is 10.3. The van der Waals surface area contributed by atoms with Gasteiger partial charge in [0, 0.05) is 38.3 Å². The summed E-state index contributed by atoms with van der Waals surface area (Å²) in [5.74, 6) is 2.92. The van der Waals surface area contributed by atoms with E-state index in [0.717, 1.165) is 50.2 Å². The summed E-state index contributed by atoms with van der Waals surface area (Å²) < 4.78 is 0. The number of piperazine rings is 1. The molecule has 1 aliphatic carbocycles. The lowest BCUT2D eigenvalue weighted by Crippen LogP contribution is -2.46. The SMILES string of the molecule is CCN1CCN(c2cc(NC3CC3)nc(C)n2)CC1. The molecule has 19 heavy (non-hydrogen) atoms. The predicted octanol–water partition coefficient (Wildman–Crippen LogP) is 1.50. The Labute approximate surface area is 115 Å². The molecule has 5 heteroatoms. The summed E-state index contributed by atoms with van der Waals surface area (Å²) >= 11 is 0. The number of anilines is 2. The number of hydrogen-bond acceptors (Lipinski definition) is 5. The topological polar surface area (TPSA) is 44.3 Å². The van der Waals surface area contributed by atoms with Crippen molar-refractivity contribution in [2.24, 2.45) is 0 Å². The number of aryl methyl sites for hydroxylation is 1. The molecule has 1 saturated heterocycles. The predicted molar refractivity (Wildman–Crippen MR) is 77.7 cm³/mol. The maximum Gasteiger partial charge on any atom is 0.134 e. The molecule has 1 aromatic rings. The smallest absolute Gasteiger partial charge is 0.134 e. The van der Waals surface area contributed by atoms with Crippen molar-refractivity contribution in [3.8, 4) is 0 Å². The van der Waals surface area contributed by atoms with Crippen molar-refractivity contribution in [2.75, 3.05) is 42.9 Å². The minimum Gasteiger partial charge on any atom is -0.367 e. The Kier molecular flexibility index (Phi) is 3.55. The van der Waals surface area contributed by atoms with Crippen molar-refractivity contribution in [2.45, 2.75) is 32.7 Å². The number of nitrogens with one attached hydrogen (secondary N) is 1. The highest BCUT2D eigenvalue weighted by Crippen LogP contribution is 2.25. The van der Waals surface area contributed by atoms with Crippen LogP contribution in [0.4, 0.5) is 11.6 Å². The van der Waals surface area contributed by atoms with Gasteiger partial charge in [-0.1, -0.05) is 6.92 Å². The Morgan fingerprint density at radius 2 is 1.95 bits per heavy atom. The largest absolute Gasteiger partial charge is 0.367 e. The third-order valence-electron chi connectivity index (χ3n) is 3.90. The lowest BCUT2D eigenvalue weighted by Gasteiger charge is -2.34. The van der Waals surface area contributed by atoms with Crippen LogP contribution in [0.3, 0.4) is 0 Å². The van der Waals surface area contributed by atoms with Gasteiger partial charge in [-0.25, -0.2) is 9.97 Å². The molecule has 1 N–H and O–H groups in total. The molecule has 0 unspecified atom stereocenters. The number of aromatic nitrogens is 2. The highest BCUT2D eigenvalue weighted by molar-refractivity contribution is 5.50. The van der Waals surface area contributed by atoms with Crippen LogP contribution in [0.25, 0.3) is 0 Å². The quantitative estimate of drug-likeness (QED) is 0.890. The van der Waals surface area contributed by atoms with Gasteiger partial charge in [-0.05, 0) is 26.3 Å². The third-order valence-corrected chi connectivity index (χ3v) is 3.90. The van der Waals surface area contributed by atoms with E-state index in [0.29, 0.717) is 6.04 Å². The van der Waals surface area contributed by atoms with Crippen LogP contribution in [-0.2, 0) is 0 Å². The van der Waals surface area contributed by atoms with Gasteiger partial charge in [-0.2, -0.15) is 0 Å². The molecule has 2 aliphatic rings. The van der Waals surface area contributed by atoms with Gasteiger partial charge < -0.3 is 15.1 Å². The Bertz CT molecular complexity index is 435. The van der Waals surface area contributed by atoms with E-state index in [1.807, 2.05) is 6.92 Å². The van der Waals surface area contributed by atoms with Crippen molar-refractivity contribution >= 4 is 11.6 Å². The molecule has 0 radical (unpaired) electrons. The fraction of sp³-hybridized carbons (Fsp3) is 0.714. The van der Waals surface area contributed by atoms with Crippen LogP contribution in [0, 0.1) is 6.92 Å². The van der Waals surface area contributed by atoms with E-state index in [1.165, 1.54) is 12.8 Å². The molecule has 2 heterocycles. The monoisotopic (exact) mass is 261 g/mol. The number of rotatable bonds is 4. The molecule has 104 valence electrons. The number of likely N-dealkylation sites (N-methyl/N-ethyl adjacent to an activating group) is 1. The van der Waals surface area contributed by atoms with E-state index in [2.05, 4.69) is 38.1 Å². The molecule has 1 aromatic heterocycles. The standard InChI is InChI=1S/C14H23N5/c1-3-18-6-8-19(9-7-18)14-10-13(15-11(2)16-14)17-12-4-5-12/h10,12H,3-9H2,1-2H3,(H,15,16,17). The summed E-state index contributed by atoms with van der Waals surface area (Å²) in [7, 11) is 0. The second kappa shape index (κ2) is 5.33. The van der Waals surface area contributed by atoms with Gasteiger partial charge in [-0.15, -0.1) is 0 Å². The summed E-state index contributed by atoms with van der Waals surface area (Å²) in [6, 6.07) is 2.74. The first-order valence-corrected chi connectivity index (χ1v) is 7.34. The van der Waals surface area contributed by atoms with Crippen molar-refractivity contribution in [1.82, 2.24) is 14.9 Å². The molecular formula is C14H23N5. The molecule has 1 aliphatic heterocycles. The van der Waals surface area contributed by atoms with Crippen LogP contribution >= 0.6 is 0 Å². The van der Waals surface area contributed by atoms with Gasteiger partial charge in [-0.3, -0.25) is 0 Å². The van der Waals surface area contributed by atoms with Crippen LogP contribution in [-0.4, -0.2) is 53.6 Å². The third kappa shape index (κ3) is 3.15. The Morgan fingerprint density at radius 1 is 1.21 bits per heavy atom. The van der Waals surface area contributed by atoms with E-state index in [4.69, 9.17) is 0 Å². The van der Waals surface area contributed by atoms with Crippen molar-refractivity contribution < 1.29 is 0 Å². The maximum absolute atomic E-state index is 4.59. The van der Waals surface area contributed by atoms with Gasteiger partial charge in [0.25, 0.3) is 0 Å². The van der Waals surface area contributed by atoms with Crippen LogP contribution in [0.5, 0.6) is 0 Å². The van der Waals surface area contributed by atoms with Crippen LogP contribution in [0.1, 0.15) is 25.6 Å². The van der Waals surface area contributed by atoms with E-state index in [1.54, 1.807) is 0 Å². The summed E-state index contributed by atoms with van der Waals surface area (Å²) in [6.07, 6.45) is 2.54. The van der Waals surface area contributed by atoms with E-state index in [-0.39, 0.29) is 0 Å². The zero-order chi connectivity index (χ0) is 13.2. The molecule has 0 spiro atoms. The number of hydrogen-bond donors (Lipinski definition) is 1. The Balaban J connectivity index is 1.70. The molecule has 5 nitrogen and oxygen atoms in total. The average Bonchev–Trinajstić information content (AvgIpc) is 3.22. The maximum atomic E-state index is 4.59. The van der Waals surface area contributed by atoms with Crippen molar-refractivity contribution in [3.05, 3.63) is 11.9 Å². The van der Waals surface area contributed by atoms with Crippen LogP contribution < -0.4 is 10.2 Å². The molecule has 0 bridgehead atoms. The minimum atomic E-state index is 0.638. The second-order valence-corrected chi connectivity index (χ2v) is 5.50. The van der Waals surface area contributed by atoms with Gasteiger partial charge in [0.05, 0.1) is 0 Å². The molecular weight excluding hydrogens is 238 g/mol. The molecule has 1 saturated carbocycles. The van der Waals surface area contributed by atoms with Crippen LogP contribution in [0.15, 0.2) is 6.07 Å². The fourth-order valence-electron chi connectivity index (χ4n) is 2.52. The molecule has 0 aromatic carbocycles. The fourth-order valence-corrected chi connectivity index (χ4v) is 2.52. The second-order valence-electron chi connectivity index (χ2n) is 5.50. The highest BCUT2D eigenvalue weighted by Gasteiger charge is 2.23. The molecule has 0 atom stereocenters. The lowest BCUT2D eigenvalue weighted by molar-refractivity contribution is 0.270. The first-order chi connectivity index (χ1) is 9.24. The minimum absolute atomic E-state index is 0.638. The van der Waals surface area contributed by atoms with Crippen molar-refractivity contribution in [3.63, 3.8) is 0 Å². The summed E-state index contributed by atoms with van der Waals surface area (Å²) in [4.78, 5) is 13.9. The summed E-state index contributed by atoms with van der Waals surface area (Å²) in [5, 5.41) is 3.47. The van der Waals surface area contributed by atoms with Gasteiger partial charge in [0.2, 0.25) is 0 Å². The van der Waals surface area contributed by atoms with Crippen LogP contribution in [0.2, 0.25) is 0 Å². The van der Waals surface area contributed by atoms with Gasteiger partial charge in [0.1, 0.15) is 17.5 Å². The summed E-state index contributed by atoms with van der Waals surface area (Å²) in [5.41, 5.74) is 0. The highest BCUT2D eigenvalue weighted by atomic mass is 15.3. The normalized spacial score (nSPS) is 20.6. The van der Waals surface area contributed by atoms with Gasteiger partial charge in [0.15, 0.2) is 0 Å². The van der Waals surface area contributed by atoms with Gasteiger partial charge >= 0.3 is 0 Å². The Morgan fingerprint density at radius 3 is 2.58 bits per heavy atom. The Hall–Kier alpha value is -1.36. The molecule has 0 amide bonds. The average molecular weight is 261 g/mol.